The van der Waals surface area contributed by atoms with E-state index < -0.39 is 21.7 Å². The van der Waals surface area contributed by atoms with Crippen LogP contribution in [-0.2, 0) is 16.6 Å². The van der Waals surface area contributed by atoms with Gasteiger partial charge in [0.15, 0.2) is 0 Å². The molecule has 0 spiro atoms. The lowest BCUT2D eigenvalue weighted by Crippen LogP contribution is -2.30. The Labute approximate surface area is 172 Å². The van der Waals surface area contributed by atoms with Gasteiger partial charge in [-0.3, -0.25) is 9.52 Å². The molecule has 0 atom stereocenters. The Kier molecular flexibility index (Phi) is 6.19. The van der Waals surface area contributed by atoms with Crippen molar-refractivity contribution in [3.05, 3.63) is 76.9 Å². The maximum atomic E-state index is 13.4. The van der Waals surface area contributed by atoms with E-state index in [9.17, 15) is 22.7 Å². The normalized spacial score (nSPS) is 11.2. The number of carbonyl (C=O) groups is 1. The van der Waals surface area contributed by atoms with E-state index in [1.54, 1.807) is 30.5 Å². The standard InChI is InChI=1S/C20H19FN2O4S2/c1-2-23(13-14-5-3-6-15(21)11-14)20(25)17-9-8-16(12-18(17)24)22-29(26,27)19-7-4-10-28-19/h3-12,22,24H,2,13H2,1H3. The summed E-state index contributed by atoms with van der Waals surface area (Å²) in [7, 11) is -3.76. The lowest BCUT2D eigenvalue weighted by Gasteiger charge is -2.22. The van der Waals surface area contributed by atoms with Crippen LogP contribution in [-0.4, -0.2) is 30.9 Å². The van der Waals surface area contributed by atoms with Gasteiger partial charge in [0.2, 0.25) is 0 Å². The minimum Gasteiger partial charge on any atom is -0.507 e. The molecule has 29 heavy (non-hydrogen) atoms. The first-order valence-electron chi connectivity index (χ1n) is 8.73. The van der Waals surface area contributed by atoms with Gasteiger partial charge in [-0.25, -0.2) is 12.8 Å². The molecule has 9 heteroatoms. The molecule has 0 unspecified atom stereocenters. The van der Waals surface area contributed by atoms with E-state index >= 15 is 0 Å². The summed E-state index contributed by atoms with van der Waals surface area (Å²) in [5.74, 6) is -1.18. The monoisotopic (exact) mass is 434 g/mol. The fraction of sp³-hybridized carbons (Fsp3) is 0.150. The highest BCUT2D eigenvalue weighted by molar-refractivity contribution is 7.94. The largest absolute Gasteiger partial charge is 0.507 e. The van der Waals surface area contributed by atoms with Crippen LogP contribution in [0.15, 0.2) is 64.2 Å². The van der Waals surface area contributed by atoms with Gasteiger partial charge in [-0.1, -0.05) is 18.2 Å². The lowest BCUT2D eigenvalue weighted by atomic mass is 10.1. The molecular weight excluding hydrogens is 415 g/mol. The van der Waals surface area contributed by atoms with E-state index in [1.807, 2.05) is 0 Å². The fourth-order valence-corrected chi connectivity index (χ4v) is 4.79. The molecule has 3 rings (SSSR count). The Morgan fingerprint density at radius 1 is 1.17 bits per heavy atom. The number of benzene rings is 2. The average Bonchev–Trinajstić information content (AvgIpc) is 3.21. The van der Waals surface area contributed by atoms with Crippen LogP contribution in [0.2, 0.25) is 0 Å². The highest BCUT2D eigenvalue weighted by Gasteiger charge is 2.20. The van der Waals surface area contributed by atoms with E-state index in [2.05, 4.69) is 4.72 Å². The van der Waals surface area contributed by atoms with Crippen molar-refractivity contribution < 1.29 is 22.7 Å². The number of aromatic hydroxyl groups is 1. The SMILES string of the molecule is CCN(Cc1cccc(F)c1)C(=O)c1ccc(NS(=O)(=O)c2cccs2)cc1O. The fourth-order valence-electron chi connectivity index (χ4n) is 2.75. The third kappa shape index (κ3) is 4.93. The van der Waals surface area contributed by atoms with E-state index in [0.29, 0.717) is 12.1 Å². The van der Waals surface area contributed by atoms with Gasteiger partial charge in [0.05, 0.1) is 11.3 Å². The van der Waals surface area contributed by atoms with Gasteiger partial charge < -0.3 is 10.0 Å². The molecule has 0 aliphatic carbocycles. The van der Waals surface area contributed by atoms with Gasteiger partial charge >= 0.3 is 0 Å². The Bertz CT molecular complexity index is 1120. The maximum absolute atomic E-state index is 13.4. The smallest absolute Gasteiger partial charge is 0.271 e. The molecule has 2 aromatic carbocycles. The van der Waals surface area contributed by atoms with Crippen molar-refractivity contribution in [1.29, 1.82) is 0 Å². The molecule has 0 fully saturated rings. The molecular formula is C20H19FN2O4S2. The van der Waals surface area contributed by atoms with Crippen molar-refractivity contribution >= 4 is 33.0 Å². The van der Waals surface area contributed by atoms with Crippen molar-refractivity contribution in [3.63, 3.8) is 0 Å². The van der Waals surface area contributed by atoms with E-state index in [1.165, 1.54) is 41.3 Å². The second-order valence-corrected chi connectivity index (χ2v) is 9.08. The van der Waals surface area contributed by atoms with Crippen molar-refractivity contribution in [1.82, 2.24) is 4.90 Å². The zero-order valence-electron chi connectivity index (χ0n) is 15.5. The number of carbonyl (C=O) groups excluding carboxylic acids is 1. The first kappa shape index (κ1) is 20.8. The van der Waals surface area contributed by atoms with Crippen molar-refractivity contribution in [2.45, 2.75) is 17.7 Å². The number of phenolic OH excluding ortho intramolecular Hbond substituents is 1. The molecule has 0 saturated carbocycles. The molecule has 1 amide bonds. The van der Waals surface area contributed by atoms with Crippen LogP contribution in [0.25, 0.3) is 0 Å². The molecule has 2 N–H and O–H groups in total. The number of hydrogen-bond acceptors (Lipinski definition) is 5. The van der Waals surface area contributed by atoms with Crippen LogP contribution in [0, 0.1) is 5.82 Å². The van der Waals surface area contributed by atoms with Crippen LogP contribution in [0.4, 0.5) is 10.1 Å². The van der Waals surface area contributed by atoms with Gasteiger partial charge in [0, 0.05) is 19.2 Å². The zero-order chi connectivity index (χ0) is 21.0. The summed E-state index contributed by atoms with van der Waals surface area (Å²) in [6.07, 6.45) is 0. The second-order valence-electron chi connectivity index (χ2n) is 6.22. The number of amides is 1. The maximum Gasteiger partial charge on any atom is 0.271 e. The molecule has 6 nitrogen and oxygen atoms in total. The highest BCUT2D eigenvalue weighted by Crippen LogP contribution is 2.27. The van der Waals surface area contributed by atoms with Gasteiger partial charge in [-0.15, -0.1) is 11.3 Å². The first-order valence-corrected chi connectivity index (χ1v) is 11.1. The number of sulfonamides is 1. The molecule has 0 radical (unpaired) electrons. The summed E-state index contributed by atoms with van der Waals surface area (Å²) in [6.45, 7) is 2.30. The Morgan fingerprint density at radius 3 is 2.59 bits per heavy atom. The van der Waals surface area contributed by atoms with Crippen LogP contribution in [0.5, 0.6) is 5.75 Å². The van der Waals surface area contributed by atoms with Gasteiger partial charge in [-0.2, -0.15) is 0 Å². The summed E-state index contributed by atoms with van der Waals surface area (Å²) in [5.41, 5.74) is 0.794. The Morgan fingerprint density at radius 2 is 1.97 bits per heavy atom. The average molecular weight is 435 g/mol. The molecule has 0 aliphatic rings. The highest BCUT2D eigenvalue weighted by atomic mass is 32.2. The lowest BCUT2D eigenvalue weighted by molar-refractivity contribution is 0.0749. The number of thiophene rings is 1. The number of nitrogens with zero attached hydrogens (tertiary/aromatic N) is 1. The van der Waals surface area contributed by atoms with Gasteiger partial charge in [-0.05, 0) is 48.2 Å². The number of phenols is 1. The van der Waals surface area contributed by atoms with Crippen molar-refractivity contribution in [2.24, 2.45) is 0 Å². The van der Waals surface area contributed by atoms with Crippen LogP contribution in [0.3, 0.4) is 0 Å². The minimum atomic E-state index is -3.76. The van der Waals surface area contributed by atoms with E-state index in [0.717, 1.165) is 11.3 Å². The quantitative estimate of drug-likeness (QED) is 0.587. The van der Waals surface area contributed by atoms with Crippen LogP contribution >= 0.6 is 11.3 Å². The zero-order valence-corrected chi connectivity index (χ0v) is 17.1. The van der Waals surface area contributed by atoms with Gasteiger partial charge in [0.25, 0.3) is 15.9 Å². The number of rotatable bonds is 7. The van der Waals surface area contributed by atoms with Crippen molar-refractivity contribution in [2.75, 3.05) is 11.3 Å². The van der Waals surface area contributed by atoms with E-state index in [4.69, 9.17) is 0 Å². The number of halogens is 1. The molecule has 1 heterocycles. The molecule has 0 saturated heterocycles. The minimum absolute atomic E-state index is 0.0299. The third-order valence-electron chi connectivity index (χ3n) is 4.17. The second kappa shape index (κ2) is 8.62. The van der Waals surface area contributed by atoms with E-state index in [-0.39, 0.29) is 27.8 Å². The predicted molar refractivity (Wildman–Crippen MR) is 110 cm³/mol. The summed E-state index contributed by atoms with van der Waals surface area (Å²) >= 11 is 1.07. The first-order chi connectivity index (χ1) is 13.8. The van der Waals surface area contributed by atoms with Gasteiger partial charge in [0.1, 0.15) is 15.8 Å². The van der Waals surface area contributed by atoms with Crippen molar-refractivity contribution in [3.8, 4) is 5.75 Å². The number of anilines is 1. The molecule has 1 aromatic heterocycles. The predicted octanol–water partition coefficient (Wildman–Crippen LogP) is 4.06. The molecule has 0 aliphatic heterocycles. The summed E-state index contributed by atoms with van der Waals surface area (Å²) < 4.78 is 40.5. The van der Waals surface area contributed by atoms with Crippen LogP contribution < -0.4 is 4.72 Å². The topological polar surface area (TPSA) is 86.7 Å². The summed E-state index contributed by atoms with van der Waals surface area (Å²) in [5, 5.41) is 11.9. The summed E-state index contributed by atoms with van der Waals surface area (Å²) in [6, 6.07) is 13.0. The Hall–Kier alpha value is -2.91. The molecule has 0 bridgehead atoms. The summed E-state index contributed by atoms with van der Waals surface area (Å²) in [4.78, 5) is 14.3. The van der Waals surface area contributed by atoms with Crippen LogP contribution in [0.1, 0.15) is 22.8 Å². The number of nitrogens with one attached hydrogen (secondary N) is 1. The third-order valence-corrected chi connectivity index (χ3v) is 6.95. The number of hydrogen-bond donors (Lipinski definition) is 2. The Balaban J connectivity index is 1.79. The molecule has 3 aromatic rings. The molecule has 152 valence electrons.